The second-order valence-corrected chi connectivity index (χ2v) is 10.4. The van der Waals surface area contributed by atoms with Gasteiger partial charge in [0.15, 0.2) is 5.60 Å². The van der Waals surface area contributed by atoms with Crippen LogP contribution in [0.4, 0.5) is 28.4 Å². The van der Waals surface area contributed by atoms with Crippen molar-refractivity contribution >= 4 is 47.2 Å². The predicted octanol–water partition coefficient (Wildman–Crippen LogP) is 5.58. The van der Waals surface area contributed by atoms with Crippen molar-refractivity contribution in [2.24, 2.45) is 5.92 Å². The van der Waals surface area contributed by atoms with Crippen molar-refractivity contribution in [1.82, 2.24) is 0 Å². The monoisotopic (exact) mass is 575 g/mol. The molecule has 218 valence electrons. The Kier molecular flexibility index (Phi) is 8.80. The first-order chi connectivity index (χ1) is 20.9. The molecule has 4 aromatic rings. The molecule has 2 N–H and O–H groups in total. The summed E-state index contributed by atoms with van der Waals surface area (Å²) in [6, 6.07) is 30.9. The van der Waals surface area contributed by atoms with Crippen molar-refractivity contribution in [3.8, 4) is 0 Å². The minimum Gasteiger partial charge on any atom is -0.396 e. The average molecular weight is 576 g/mol. The number of aliphatic hydroxyl groups excluding tert-OH is 1. The van der Waals surface area contributed by atoms with Gasteiger partial charge in [-0.05, 0) is 66.6 Å². The number of para-hydroxylation sites is 2. The molecular weight excluding hydrogens is 542 g/mol. The number of carbonyl (C=O) groups excluding carboxylic acids is 3. The fraction of sp³-hybridized carbons (Fsp3) is 0.171. The van der Waals surface area contributed by atoms with Crippen LogP contribution in [0.1, 0.15) is 24.5 Å². The number of carbonyl (C=O) groups is 3. The van der Waals surface area contributed by atoms with E-state index < -0.39 is 17.4 Å². The van der Waals surface area contributed by atoms with Gasteiger partial charge in [-0.25, -0.2) is 0 Å². The van der Waals surface area contributed by atoms with Crippen LogP contribution >= 0.6 is 0 Å². The van der Waals surface area contributed by atoms with E-state index in [1.807, 2.05) is 72.8 Å². The summed E-state index contributed by atoms with van der Waals surface area (Å²) >= 11 is 0. The summed E-state index contributed by atoms with van der Waals surface area (Å²) in [4.78, 5) is 42.6. The normalized spacial score (nSPS) is 16.6. The molecule has 8 nitrogen and oxygen atoms in total. The van der Waals surface area contributed by atoms with Gasteiger partial charge >= 0.3 is 0 Å². The Balaban J connectivity index is 1.50. The maximum Gasteiger partial charge on any atom is 0.264 e. The molecule has 0 radical (unpaired) electrons. The highest BCUT2D eigenvalue weighted by molar-refractivity contribution is 6.08. The topological polar surface area (TPSA) is 101 Å². The van der Waals surface area contributed by atoms with E-state index in [9.17, 15) is 24.6 Å². The number of benzene rings is 4. The molecule has 0 spiro atoms. The van der Waals surface area contributed by atoms with Crippen LogP contribution < -0.4 is 14.7 Å². The van der Waals surface area contributed by atoms with Gasteiger partial charge in [0.2, 0.25) is 12.8 Å². The zero-order chi connectivity index (χ0) is 30.4. The molecule has 3 amide bonds. The van der Waals surface area contributed by atoms with Crippen LogP contribution in [-0.2, 0) is 26.5 Å². The molecule has 8 heteroatoms. The fourth-order valence-electron chi connectivity index (χ4n) is 5.42. The lowest BCUT2D eigenvalue weighted by atomic mass is 9.82. The molecule has 2 atom stereocenters. The Morgan fingerprint density at radius 3 is 1.88 bits per heavy atom. The number of nitrogens with zero attached hydrogens (tertiary/aromatic N) is 3. The molecular formula is C35H33N3O5. The zero-order valence-corrected chi connectivity index (χ0v) is 23.8. The van der Waals surface area contributed by atoms with E-state index in [-0.39, 0.29) is 13.2 Å². The molecule has 0 unspecified atom stereocenters. The molecule has 0 aromatic heterocycles. The van der Waals surface area contributed by atoms with Crippen LogP contribution in [0, 0.1) is 5.92 Å². The molecule has 1 aliphatic heterocycles. The van der Waals surface area contributed by atoms with E-state index in [0.29, 0.717) is 41.1 Å². The smallest absolute Gasteiger partial charge is 0.264 e. The summed E-state index contributed by atoms with van der Waals surface area (Å²) < 4.78 is 0. The van der Waals surface area contributed by atoms with Gasteiger partial charge in [0, 0.05) is 40.8 Å². The number of amides is 3. The van der Waals surface area contributed by atoms with E-state index in [4.69, 9.17) is 0 Å². The highest BCUT2D eigenvalue weighted by Crippen LogP contribution is 2.47. The molecule has 0 fully saturated rings. The van der Waals surface area contributed by atoms with Gasteiger partial charge < -0.3 is 15.1 Å². The first kappa shape index (κ1) is 29.4. The van der Waals surface area contributed by atoms with Crippen LogP contribution in [0.25, 0.3) is 0 Å². The lowest BCUT2D eigenvalue weighted by molar-refractivity contribution is -0.139. The lowest BCUT2D eigenvalue weighted by Gasteiger charge is -2.28. The molecule has 4 aromatic carbocycles. The number of rotatable bonds is 12. The maximum atomic E-state index is 14.0. The molecule has 1 aliphatic rings. The van der Waals surface area contributed by atoms with Crippen molar-refractivity contribution in [3.63, 3.8) is 0 Å². The van der Waals surface area contributed by atoms with Crippen molar-refractivity contribution in [1.29, 1.82) is 0 Å². The van der Waals surface area contributed by atoms with Crippen LogP contribution in [0.2, 0.25) is 0 Å². The first-order valence-electron chi connectivity index (χ1n) is 14.1. The third-order valence-corrected chi connectivity index (χ3v) is 7.75. The van der Waals surface area contributed by atoms with Crippen molar-refractivity contribution in [3.05, 3.63) is 126 Å². The quantitative estimate of drug-likeness (QED) is 0.170. The number of fused-ring (bicyclic) bond motifs is 1. The molecule has 0 bridgehead atoms. The van der Waals surface area contributed by atoms with Gasteiger partial charge in [0.1, 0.15) is 0 Å². The largest absolute Gasteiger partial charge is 0.396 e. The van der Waals surface area contributed by atoms with Gasteiger partial charge in [-0.2, -0.15) is 0 Å². The van der Waals surface area contributed by atoms with Crippen molar-refractivity contribution in [2.45, 2.75) is 25.5 Å². The number of anilines is 5. The maximum absolute atomic E-state index is 14.0. The van der Waals surface area contributed by atoms with E-state index in [1.54, 1.807) is 54.3 Å². The zero-order valence-electron chi connectivity index (χ0n) is 23.8. The summed E-state index contributed by atoms with van der Waals surface area (Å²) in [7, 11) is 0. The second-order valence-electron chi connectivity index (χ2n) is 10.4. The molecule has 0 aliphatic carbocycles. The summed E-state index contributed by atoms with van der Waals surface area (Å²) in [5.74, 6) is -1.11. The van der Waals surface area contributed by atoms with Crippen LogP contribution in [0.5, 0.6) is 0 Å². The molecule has 5 rings (SSSR count). The number of hydrogen-bond donors (Lipinski definition) is 2. The van der Waals surface area contributed by atoms with Crippen LogP contribution in [0.15, 0.2) is 115 Å². The van der Waals surface area contributed by atoms with Crippen LogP contribution in [0.3, 0.4) is 0 Å². The summed E-state index contributed by atoms with van der Waals surface area (Å²) in [5.41, 5.74) is 2.42. The van der Waals surface area contributed by atoms with Gasteiger partial charge in [-0.1, -0.05) is 67.6 Å². The summed E-state index contributed by atoms with van der Waals surface area (Å²) in [6.45, 7) is 1.89. The Morgan fingerprint density at radius 1 is 0.791 bits per heavy atom. The Bertz CT molecular complexity index is 1610. The Labute approximate surface area is 250 Å². The van der Waals surface area contributed by atoms with E-state index in [1.165, 1.54) is 9.80 Å². The molecule has 43 heavy (non-hydrogen) atoms. The highest BCUT2D eigenvalue weighted by Gasteiger charge is 2.52. The van der Waals surface area contributed by atoms with E-state index in [0.717, 1.165) is 17.7 Å². The molecule has 1 heterocycles. The van der Waals surface area contributed by atoms with Crippen molar-refractivity contribution < 1.29 is 24.6 Å². The Morgan fingerprint density at radius 2 is 1.33 bits per heavy atom. The van der Waals surface area contributed by atoms with Gasteiger partial charge in [-0.3, -0.25) is 24.2 Å². The fourth-order valence-corrected chi connectivity index (χ4v) is 5.42. The molecule has 0 saturated carbocycles. The molecule has 0 saturated heterocycles. The summed E-state index contributed by atoms with van der Waals surface area (Å²) in [6.07, 6.45) is 5.33. The minimum atomic E-state index is -1.90. The highest BCUT2D eigenvalue weighted by atomic mass is 16.3. The van der Waals surface area contributed by atoms with Crippen molar-refractivity contribution in [2.75, 3.05) is 21.3 Å². The Hall–Kier alpha value is -5.05. The first-order valence-corrected chi connectivity index (χ1v) is 14.1. The SMILES string of the molecule is C[C@H](/C=C/CCO)[C@@]1(O)C(=O)N(Cc2ccc(N(C=O)c3ccccc3)cc2)c2ccc(N(C=O)c3ccccc3)cc21. The van der Waals surface area contributed by atoms with E-state index in [2.05, 4.69) is 0 Å². The van der Waals surface area contributed by atoms with Gasteiger partial charge in [0.25, 0.3) is 5.91 Å². The summed E-state index contributed by atoms with van der Waals surface area (Å²) in [5, 5.41) is 21.3. The third-order valence-electron chi connectivity index (χ3n) is 7.75. The second kappa shape index (κ2) is 12.9. The number of aliphatic hydroxyl groups is 2. The lowest BCUT2D eigenvalue weighted by Crippen LogP contribution is -2.44. The predicted molar refractivity (Wildman–Crippen MR) is 167 cm³/mol. The number of hydrogen-bond acceptors (Lipinski definition) is 5. The van der Waals surface area contributed by atoms with Crippen LogP contribution in [-0.4, -0.2) is 35.5 Å². The van der Waals surface area contributed by atoms with Gasteiger partial charge in [-0.15, -0.1) is 0 Å². The average Bonchev–Trinajstić information content (AvgIpc) is 3.26. The third kappa shape index (κ3) is 5.70. The van der Waals surface area contributed by atoms with Gasteiger partial charge in [0.05, 0.1) is 12.2 Å². The van der Waals surface area contributed by atoms with E-state index >= 15 is 0 Å². The standard InChI is InChI=1S/C35H33N3O5/c1-26(10-8-9-21-39)35(43)32-22-31(38(25-41)29-13-6-3-7-14-29)19-20-33(32)36(34(35)42)23-27-15-17-30(18-16-27)37(24-40)28-11-4-2-5-12-28/h2-8,10-20,22,24-26,39,43H,9,21,23H2,1H3/b10-8+/t26-,35+/m1/s1. The minimum absolute atomic E-state index is 0.0460.